The second kappa shape index (κ2) is 4.86. The summed E-state index contributed by atoms with van der Waals surface area (Å²) in [6.07, 6.45) is 1.43. The normalized spacial score (nSPS) is 12.5. The largest absolute Gasteiger partial charge is 0.270 e. The van der Waals surface area contributed by atoms with Crippen LogP contribution in [-0.2, 0) is 18.9 Å². The summed E-state index contributed by atoms with van der Waals surface area (Å²) in [6, 6.07) is 5.36. The Morgan fingerprint density at radius 3 is 2.16 bits per heavy atom. The third-order valence-electron chi connectivity index (χ3n) is 2.22. The van der Waals surface area contributed by atoms with Crippen LogP contribution >= 0.6 is 22.0 Å². The molecule has 0 N–H and O–H groups in total. The lowest BCUT2D eigenvalue weighted by atomic mass is 10.3. The molecular weight excluding hydrogens is 330 g/mol. The summed E-state index contributed by atoms with van der Waals surface area (Å²) in [5.41, 5.74) is 0.828. The monoisotopic (exact) mass is 337 g/mol. The highest BCUT2D eigenvalue weighted by molar-refractivity contribution is 8.15. The smallest absolute Gasteiger partial charge is 0.244 e. The molecule has 0 atom stereocenters. The van der Waals surface area contributed by atoms with Gasteiger partial charge in [0.25, 0.3) is 9.05 Å². The molecule has 2 rings (SSSR count). The molecule has 0 fully saturated rings. The van der Waals surface area contributed by atoms with Crippen molar-refractivity contribution in [3.05, 3.63) is 36.0 Å². The number of rotatable bonds is 3. The number of aryl methyl sites for hydroxylation is 1. The summed E-state index contributed by atoms with van der Waals surface area (Å²) in [5, 5.41) is -0.126. The van der Waals surface area contributed by atoms with E-state index >= 15 is 0 Å². The van der Waals surface area contributed by atoms with Crippen LogP contribution < -0.4 is 0 Å². The van der Waals surface area contributed by atoms with E-state index in [1.807, 2.05) is 0 Å². The van der Waals surface area contributed by atoms with Crippen LogP contribution in [0, 0.1) is 6.92 Å². The first kappa shape index (κ1) is 14.4. The van der Waals surface area contributed by atoms with Crippen molar-refractivity contribution in [1.29, 1.82) is 0 Å². The molecule has 0 amide bonds. The van der Waals surface area contributed by atoms with Gasteiger partial charge < -0.3 is 0 Å². The van der Waals surface area contributed by atoms with E-state index in [-0.39, 0.29) is 13.4 Å². The van der Waals surface area contributed by atoms with Gasteiger partial charge in [0.1, 0.15) is 8.42 Å². The Bertz CT molecular complexity index is 807. The average Bonchev–Trinajstić information content (AvgIpc) is 2.79. The van der Waals surface area contributed by atoms with Gasteiger partial charge in [0, 0.05) is 16.9 Å². The summed E-state index contributed by atoms with van der Waals surface area (Å²) in [6.45, 7) is 1.78. The van der Waals surface area contributed by atoms with Crippen LogP contribution in [0.5, 0.6) is 0 Å². The highest BCUT2D eigenvalue weighted by atomic mass is 35.7. The molecule has 0 aliphatic rings. The van der Waals surface area contributed by atoms with Crippen LogP contribution in [0.15, 0.2) is 43.9 Å². The van der Waals surface area contributed by atoms with E-state index in [1.54, 1.807) is 13.0 Å². The Balaban J connectivity index is 2.51. The second-order valence-corrected chi connectivity index (χ2v) is 9.69. The Kier molecular flexibility index (Phi) is 3.69. The van der Waals surface area contributed by atoms with Gasteiger partial charge in [-0.3, -0.25) is 0 Å². The van der Waals surface area contributed by atoms with Crippen molar-refractivity contribution in [3.8, 4) is 0 Å². The van der Waals surface area contributed by atoms with Gasteiger partial charge >= 0.3 is 0 Å². The third kappa shape index (κ3) is 2.97. The van der Waals surface area contributed by atoms with Crippen molar-refractivity contribution in [1.82, 2.24) is 4.98 Å². The molecule has 2 aromatic heterocycles. The maximum atomic E-state index is 12.2. The minimum atomic E-state index is -3.93. The number of aromatic nitrogens is 1. The van der Waals surface area contributed by atoms with E-state index in [0.29, 0.717) is 11.3 Å². The minimum absolute atomic E-state index is 0.108. The molecule has 0 saturated carbocycles. The van der Waals surface area contributed by atoms with E-state index in [9.17, 15) is 16.8 Å². The van der Waals surface area contributed by atoms with Crippen molar-refractivity contribution in [2.75, 3.05) is 0 Å². The van der Waals surface area contributed by atoms with Gasteiger partial charge in [-0.25, -0.2) is 21.8 Å². The van der Waals surface area contributed by atoms with Gasteiger partial charge in [-0.1, -0.05) is 6.07 Å². The highest BCUT2D eigenvalue weighted by Crippen LogP contribution is 2.31. The molecule has 5 nitrogen and oxygen atoms in total. The second-order valence-electron chi connectivity index (χ2n) is 3.69. The van der Waals surface area contributed by atoms with Gasteiger partial charge in [-0.15, -0.1) is 11.3 Å². The minimum Gasteiger partial charge on any atom is -0.244 e. The molecule has 0 aliphatic carbocycles. The molecule has 2 heterocycles. The number of nitrogens with zero attached hydrogens (tertiary/aromatic N) is 1. The van der Waals surface area contributed by atoms with Crippen molar-refractivity contribution >= 4 is 40.9 Å². The molecule has 2 aromatic rings. The molecule has 0 aromatic carbocycles. The fourth-order valence-corrected chi connectivity index (χ4v) is 5.12. The van der Waals surface area contributed by atoms with Gasteiger partial charge in [0.05, 0.1) is 0 Å². The topological polar surface area (TPSA) is 81.2 Å². The van der Waals surface area contributed by atoms with E-state index < -0.39 is 18.9 Å². The molecular formula is C10H8ClNO4S3. The first-order valence-corrected chi connectivity index (χ1v) is 9.54. The molecule has 19 heavy (non-hydrogen) atoms. The summed E-state index contributed by atoms with van der Waals surface area (Å²) in [4.78, 5) is 3.83. The van der Waals surface area contributed by atoms with Crippen LogP contribution in [0.3, 0.4) is 0 Å². The first-order chi connectivity index (χ1) is 8.71. The molecule has 0 unspecified atom stereocenters. The summed E-state index contributed by atoms with van der Waals surface area (Å²) < 4.78 is 46.3. The van der Waals surface area contributed by atoms with Gasteiger partial charge in [-0.05, 0) is 30.7 Å². The number of hydrogen-bond acceptors (Lipinski definition) is 6. The summed E-state index contributed by atoms with van der Waals surface area (Å²) >= 11 is 0.598. The predicted octanol–water partition coefficient (Wildman–Crippen LogP) is 2.21. The molecule has 0 aliphatic heterocycles. The third-order valence-corrected chi connectivity index (χ3v) is 7.56. The Morgan fingerprint density at radius 1 is 1.05 bits per heavy atom. The Hall–Kier alpha value is -0.960. The zero-order valence-corrected chi connectivity index (χ0v) is 12.8. The Morgan fingerprint density at radius 2 is 1.68 bits per heavy atom. The van der Waals surface area contributed by atoms with Crippen molar-refractivity contribution in [3.63, 3.8) is 0 Å². The standard InChI is InChI=1S/C10H8ClNO4S3/c1-7-2-3-8(12-6-7)18(13,14)9-4-5-10(17-9)19(11,15)16/h2-6H,1H3. The fraction of sp³-hybridized carbons (Fsp3) is 0.100. The van der Waals surface area contributed by atoms with E-state index in [2.05, 4.69) is 4.98 Å². The average molecular weight is 338 g/mol. The van der Waals surface area contributed by atoms with E-state index in [1.165, 1.54) is 18.3 Å². The summed E-state index contributed by atoms with van der Waals surface area (Å²) in [5.74, 6) is 0. The first-order valence-electron chi connectivity index (χ1n) is 4.93. The van der Waals surface area contributed by atoms with Crippen LogP contribution in [0.1, 0.15) is 5.56 Å². The maximum Gasteiger partial charge on any atom is 0.270 e. The Labute approximate surface area is 119 Å². The SMILES string of the molecule is Cc1ccc(S(=O)(=O)c2ccc(S(=O)(=O)Cl)s2)nc1. The highest BCUT2D eigenvalue weighted by Gasteiger charge is 2.24. The van der Waals surface area contributed by atoms with Gasteiger partial charge in [0.15, 0.2) is 5.03 Å². The molecule has 0 saturated heterocycles. The number of hydrogen-bond donors (Lipinski definition) is 0. The van der Waals surface area contributed by atoms with Crippen LogP contribution in [0.25, 0.3) is 0 Å². The predicted molar refractivity (Wildman–Crippen MR) is 71.8 cm³/mol. The number of pyridine rings is 1. The van der Waals surface area contributed by atoms with Gasteiger partial charge in [-0.2, -0.15) is 0 Å². The maximum absolute atomic E-state index is 12.2. The molecule has 102 valence electrons. The zero-order chi connectivity index (χ0) is 14.3. The molecule has 9 heteroatoms. The van der Waals surface area contributed by atoms with Crippen LogP contribution in [0.4, 0.5) is 0 Å². The van der Waals surface area contributed by atoms with Crippen LogP contribution in [0.2, 0.25) is 0 Å². The molecule has 0 spiro atoms. The van der Waals surface area contributed by atoms with Crippen molar-refractivity contribution in [2.45, 2.75) is 20.4 Å². The van der Waals surface area contributed by atoms with E-state index in [4.69, 9.17) is 10.7 Å². The number of sulfone groups is 1. The quantitative estimate of drug-likeness (QED) is 0.802. The zero-order valence-electron chi connectivity index (χ0n) is 9.57. The lowest BCUT2D eigenvalue weighted by Crippen LogP contribution is -2.02. The number of halogens is 1. The molecule has 0 radical (unpaired) electrons. The summed E-state index contributed by atoms with van der Waals surface area (Å²) in [7, 11) is -2.58. The molecule has 0 bridgehead atoms. The van der Waals surface area contributed by atoms with Crippen molar-refractivity contribution in [2.24, 2.45) is 0 Å². The number of thiophene rings is 1. The lowest BCUT2D eigenvalue weighted by molar-refractivity contribution is 0.594. The lowest BCUT2D eigenvalue weighted by Gasteiger charge is -2.00. The fourth-order valence-electron chi connectivity index (χ4n) is 1.30. The van der Waals surface area contributed by atoms with Crippen molar-refractivity contribution < 1.29 is 16.8 Å². The van der Waals surface area contributed by atoms with Crippen LogP contribution in [-0.4, -0.2) is 21.8 Å². The van der Waals surface area contributed by atoms with Gasteiger partial charge in [0.2, 0.25) is 9.84 Å². The van der Waals surface area contributed by atoms with E-state index in [0.717, 1.165) is 11.6 Å².